The molecule has 1 aromatic heterocycles. The summed E-state index contributed by atoms with van der Waals surface area (Å²) < 4.78 is 5.41. The Morgan fingerprint density at radius 2 is 1.97 bits per heavy atom. The van der Waals surface area contributed by atoms with Gasteiger partial charge in [0.2, 0.25) is 17.8 Å². The quantitative estimate of drug-likeness (QED) is 0.259. The van der Waals surface area contributed by atoms with Crippen molar-refractivity contribution in [3.63, 3.8) is 0 Å². The summed E-state index contributed by atoms with van der Waals surface area (Å²) in [6.07, 6.45) is -0.309. The van der Waals surface area contributed by atoms with E-state index >= 15 is 0 Å². The second kappa shape index (κ2) is 10.2. The van der Waals surface area contributed by atoms with Gasteiger partial charge in [0.25, 0.3) is 11.2 Å². The number of carbonyl (C=O) groups excluding carboxylic acids is 2. The number of rotatable bonds is 7. The van der Waals surface area contributed by atoms with E-state index < -0.39 is 28.2 Å². The first-order chi connectivity index (χ1) is 17.2. The lowest BCUT2D eigenvalue weighted by atomic mass is 9.92. The summed E-state index contributed by atoms with van der Waals surface area (Å²) in [6, 6.07) is 8.36. The van der Waals surface area contributed by atoms with Crippen LogP contribution in [-0.2, 0) is 9.59 Å². The Labute approximate surface area is 213 Å². The lowest BCUT2D eigenvalue weighted by Gasteiger charge is -2.24. The van der Waals surface area contributed by atoms with Gasteiger partial charge in [-0.2, -0.15) is 4.98 Å². The highest BCUT2D eigenvalue weighted by molar-refractivity contribution is 6.36. The fraction of sp³-hybridized carbons (Fsp3) is 0.182. The van der Waals surface area contributed by atoms with Crippen molar-refractivity contribution < 1.29 is 19.2 Å². The van der Waals surface area contributed by atoms with E-state index in [0.29, 0.717) is 10.7 Å². The molecule has 0 saturated carbocycles. The molecule has 1 atom stereocenters. The molecule has 0 radical (unpaired) electrons. The average molecular weight is 533 g/mol. The Morgan fingerprint density at radius 1 is 1.22 bits per heavy atom. The molecular weight excluding hydrogens is 515 g/mol. The molecule has 0 fully saturated rings. The highest BCUT2D eigenvalue weighted by Crippen LogP contribution is 2.34. The van der Waals surface area contributed by atoms with E-state index in [0.717, 1.165) is 0 Å². The predicted octanol–water partition coefficient (Wildman–Crippen LogP) is 4.19. The number of aromatic amines is 1. The molecule has 4 N–H and O–H groups in total. The summed E-state index contributed by atoms with van der Waals surface area (Å²) in [5.41, 5.74) is -0.358. The molecule has 36 heavy (non-hydrogen) atoms. The number of benzene rings is 2. The topological polar surface area (TPSA) is 168 Å². The zero-order valence-corrected chi connectivity index (χ0v) is 20.1. The molecule has 0 aliphatic carbocycles. The number of hydrogen-bond acceptors (Lipinski definition) is 8. The largest absolute Gasteiger partial charge is 0.491 e. The number of hydrogen-bond donors (Lipinski definition) is 4. The summed E-state index contributed by atoms with van der Waals surface area (Å²) >= 11 is 12.1. The fourth-order valence-electron chi connectivity index (χ4n) is 3.60. The fourth-order valence-corrected chi connectivity index (χ4v) is 4.05. The highest BCUT2D eigenvalue weighted by Gasteiger charge is 2.35. The van der Waals surface area contributed by atoms with Crippen molar-refractivity contribution in [2.24, 2.45) is 0 Å². The van der Waals surface area contributed by atoms with Crippen molar-refractivity contribution in [2.75, 3.05) is 22.6 Å². The number of halogens is 2. The monoisotopic (exact) mass is 532 g/mol. The van der Waals surface area contributed by atoms with E-state index in [4.69, 9.17) is 27.9 Å². The number of nitrogens with zero attached hydrogens (tertiary/aromatic N) is 2. The Morgan fingerprint density at radius 3 is 2.67 bits per heavy atom. The third-order valence-electron chi connectivity index (χ3n) is 5.19. The van der Waals surface area contributed by atoms with Gasteiger partial charge in [-0.3, -0.25) is 29.5 Å². The molecule has 3 aromatic rings. The Kier molecular flexibility index (Phi) is 7.08. The van der Waals surface area contributed by atoms with Crippen molar-refractivity contribution in [3.8, 4) is 5.75 Å². The summed E-state index contributed by atoms with van der Waals surface area (Å²) in [5, 5.41) is 19.7. The van der Waals surface area contributed by atoms with E-state index in [1.54, 1.807) is 19.1 Å². The number of H-pyrrole nitrogens is 1. The minimum atomic E-state index is -1.18. The molecule has 0 unspecified atom stereocenters. The van der Waals surface area contributed by atoms with Gasteiger partial charge in [-0.05, 0) is 31.2 Å². The number of anilines is 4. The molecule has 0 saturated heterocycles. The normalized spacial score (nSPS) is 14.4. The third-order valence-corrected chi connectivity index (χ3v) is 5.73. The molecule has 12 nitrogen and oxygen atoms in total. The minimum absolute atomic E-state index is 0.0154. The van der Waals surface area contributed by atoms with Crippen molar-refractivity contribution in [2.45, 2.75) is 19.3 Å². The molecule has 2 aromatic carbocycles. The average Bonchev–Trinajstić information content (AvgIpc) is 2.81. The first-order valence-corrected chi connectivity index (χ1v) is 11.3. The van der Waals surface area contributed by atoms with Gasteiger partial charge in [-0.15, -0.1) is 0 Å². The van der Waals surface area contributed by atoms with E-state index in [1.807, 2.05) is 0 Å². The van der Waals surface area contributed by atoms with Gasteiger partial charge in [-0.25, -0.2) is 0 Å². The second-order valence-corrected chi connectivity index (χ2v) is 8.43. The number of carbonyl (C=O) groups is 2. The number of nitro benzene ring substituents is 1. The zero-order chi connectivity index (χ0) is 26.0. The summed E-state index contributed by atoms with van der Waals surface area (Å²) in [7, 11) is 0. The number of nitrogens with one attached hydrogen (secondary N) is 4. The minimum Gasteiger partial charge on any atom is -0.491 e. The second-order valence-electron chi connectivity index (χ2n) is 7.59. The third kappa shape index (κ3) is 5.24. The zero-order valence-electron chi connectivity index (χ0n) is 18.6. The molecular formula is C22H18Cl2N6O6. The first kappa shape index (κ1) is 24.9. The summed E-state index contributed by atoms with van der Waals surface area (Å²) in [4.78, 5) is 55.7. The molecule has 4 rings (SSSR count). The molecule has 1 aliphatic rings. The molecule has 0 spiro atoms. The van der Waals surface area contributed by atoms with Gasteiger partial charge < -0.3 is 20.7 Å². The molecule has 1 aliphatic heterocycles. The van der Waals surface area contributed by atoms with Gasteiger partial charge in [0, 0.05) is 17.5 Å². The van der Waals surface area contributed by atoms with Crippen LogP contribution in [0, 0.1) is 10.1 Å². The molecule has 186 valence electrons. The van der Waals surface area contributed by atoms with E-state index in [2.05, 4.69) is 25.9 Å². The van der Waals surface area contributed by atoms with Crippen molar-refractivity contribution in [1.82, 2.24) is 9.97 Å². The number of fused-ring (bicyclic) bond motifs is 1. The maximum Gasteiger partial charge on any atom is 0.273 e. The number of ether oxygens (including phenoxy) is 1. The van der Waals surface area contributed by atoms with E-state index in [1.165, 1.54) is 24.3 Å². The van der Waals surface area contributed by atoms with Crippen LogP contribution in [0.5, 0.6) is 5.75 Å². The number of amides is 2. The summed E-state index contributed by atoms with van der Waals surface area (Å²) in [6.45, 7) is 1.87. The van der Waals surface area contributed by atoms with Gasteiger partial charge >= 0.3 is 0 Å². The van der Waals surface area contributed by atoms with Crippen LogP contribution < -0.4 is 26.2 Å². The Bertz CT molecular complexity index is 1440. The smallest absolute Gasteiger partial charge is 0.273 e. The molecule has 2 heterocycles. The Balaban J connectivity index is 1.64. The van der Waals surface area contributed by atoms with Crippen LogP contribution >= 0.6 is 23.2 Å². The van der Waals surface area contributed by atoms with Gasteiger partial charge in [0.1, 0.15) is 11.6 Å². The van der Waals surface area contributed by atoms with Gasteiger partial charge in [0.05, 0.1) is 45.5 Å². The SMILES string of the molecule is CCOc1cc([N+](=O)[O-])ccc1NC(=O)[C@@H]1CC(=O)Nc2nc(Nc3ccc(Cl)cc3Cl)[nH]c(=O)c21. The van der Waals surface area contributed by atoms with Crippen LogP contribution in [0.2, 0.25) is 10.0 Å². The number of nitro groups is 1. The van der Waals surface area contributed by atoms with Crippen molar-refractivity contribution in [1.29, 1.82) is 0 Å². The van der Waals surface area contributed by atoms with Crippen LogP contribution in [0.1, 0.15) is 24.8 Å². The summed E-state index contributed by atoms with van der Waals surface area (Å²) in [5.74, 6) is -2.41. The lowest BCUT2D eigenvalue weighted by Crippen LogP contribution is -2.36. The van der Waals surface area contributed by atoms with E-state index in [9.17, 15) is 24.5 Å². The molecule has 2 amide bonds. The van der Waals surface area contributed by atoms with Crippen molar-refractivity contribution >= 4 is 63.8 Å². The molecule has 14 heteroatoms. The predicted molar refractivity (Wildman–Crippen MR) is 133 cm³/mol. The molecule has 0 bridgehead atoms. The first-order valence-electron chi connectivity index (χ1n) is 10.5. The highest BCUT2D eigenvalue weighted by atomic mass is 35.5. The van der Waals surface area contributed by atoms with E-state index in [-0.39, 0.29) is 52.5 Å². The maximum absolute atomic E-state index is 13.1. The Hall–Kier alpha value is -4.16. The van der Waals surface area contributed by atoms with Crippen LogP contribution in [0.15, 0.2) is 41.2 Å². The van der Waals surface area contributed by atoms with Crippen LogP contribution in [-0.4, -0.2) is 33.3 Å². The van der Waals surface area contributed by atoms with Gasteiger partial charge in [0.15, 0.2) is 0 Å². The van der Waals surface area contributed by atoms with Gasteiger partial charge in [-0.1, -0.05) is 23.2 Å². The number of aromatic nitrogens is 2. The standard InChI is InChI=1S/C22H18Cl2N6O6/c1-2-36-16-8-11(30(34)35)4-6-15(16)25-20(32)12-9-17(31)27-19-18(12)21(33)29-22(28-19)26-14-5-3-10(23)7-13(14)24/h3-8,12H,2,9H2,1H3,(H,25,32)(H3,26,27,28,29,31,33)/t12-/m1/s1. The maximum atomic E-state index is 13.1. The lowest BCUT2D eigenvalue weighted by molar-refractivity contribution is -0.384. The van der Waals surface area contributed by atoms with Crippen LogP contribution in [0.4, 0.5) is 28.8 Å². The van der Waals surface area contributed by atoms with Crippen LogP contribution in [0.25, 0.3) is 0 Å². The number of non-ortho nitro benzene ring substituents is 1. The van der Waals surface area contributed by atoms with Crippen LogP contribution in [0.3, 0.4) is 0 Å². The van der Waals surface area contributed by atoms with Crippen molar-refractivity contribution in [3.05, 3.63) is 72.5 Å².